The molecule has 0 spiro atoms. The largest absolute Gasteiger partial charge is 0.496 e. The Balaban J connectivity index is 2.10. The molecule has 0 aliphatic carbocycles. The van der Waals surface area contributed by atoms with E-state index in [-0.39, 0.29) is 12.4 Å². The van der Waals surface area contributed by atoms with Crippen molar-refractivity contribution in [2.45, 2.75) is 12.8 Å². The van der Waals surface area contributed by atoms with Crippen LogP contribution in [0.25, 0.3) is 6.08 Å². The lowest BCUT2D eigenvalue weighted by Crippen LogP contribution is -2.16. The molecule has 2 aromatic rings. The van der Waals surface area contributed by atoms with E-state index in [2.05, 4.69) is 4.74 Å². The van der Waals surface area contributed by atoms with Crippen LogP contribution in [0.4, 0.5) is 17.6 Å². The molecule has 3 nitrogen and oxygen atoms in total. The van der Waals surface area contributed by atoms with Crippen molar-refractivity contribution in [1.29, 1.82) is 0 Å². The summed E-state index contributed by atoms with van der Waals surface area (Å²) >= 11 is 0. The van der Waals surface area contributed by atoms with E-state index in [0.717, 1.165) is 0 Å². The van der Waals surface area contributed by atoms with Gasteiger partial charge in [0.15, 0.2) is 5.78 Å². The van der Waals surface area contributed by atoms with Gasteiger partial charge in [-0.15, -0.1) is 0 Å². The zero-order valence-electron chi connectivity index (χ0n) is 13.8. The number of carbonyl (C=O) groups excluding carboxylic acids is 1. The molecular formula is C19H16F4O3. The Morgan fingerprint density at radius 1 is 1.12 bits per heavy atom. The number of hydrogen-bond donors (Lipinski definition) is 0. The van der Waals surface area contributed by atoms with Gasteiger partial charge in [-0.1, -0.05) is 12.1 Å². The SMILES string of the molecule is COc1ccc(/C=C/C(=O)c2ccc(F)cc2)cc1COCC(F)(F)F. The van der Waals surface area contributed by atoms with Crippen molar-refractivity contribution < 1.29 is 31.8 Å². The number of allylic oxidation sites excluding steroid dienone is 1. The van der Waals surface area contributed by atoms with E-state index in [9.17, 15) is 22.4 Å². The average Bonchev–Trinajstić information content (AvgIpc) is 2.59. The average molecular weight is 368 g/mol. The minimum atomic E-state index is -4.41. The molecule has 0 unspecified atom stereocenters. The molecular weight excluding hydrogens is 352 g/mol. The summed E-state index contributed by atoms with van der Waals surface area (Å²) in [5.41, 5.74) is 1.34. The van der Waals surface area contributed by atoms with Gasteiger partial charge in [0, 0.05) is 11.1 Å². The second kappa shape index (κ2) is 8.62. The van der Waals surface area contributed by atoms with E-state index in [1.54, 1.807) is 18.2 Å². The highest BCUT2D eigenvalue weighted by atomic mass is 19.4. The Labute approximate surface area is 147 Å². The van der Waals surface area contributed by atoms with Crippen LogP contribution in [0.2, 0.25) is 0 Å². The van der Waals surface area contributed by atoms with Crippen LogP contribution >= 0.6 is 0 Å². The molecule has 7 heteroatoms. The molecule has 2 rings (SSSR count). The fraction of sp³-hybridized carbons (Fsp3) is 0.211. The van der Waals surface area contributed by atoms with E-state index < -0.39 is 18.6 Å². The van der Waals surface area contributed by atoms with Crippen LogP contribution in [0.5, 0.6) is 5.75 Å². The van der Waals surface area contributed by atoms with Gasteiger partial charge in [-0.25, -0.2) is 4.39 Å². The molecule has 0 fully saturated rings. The van der Waals surface area contributed by atoms with E-state index in [0.29, 0.717) is 22.4 Å². The van der Waals surface area contributed by atoms with E-state index >= 15 is 0 Å². The second-order valence-electron chi connectivity index (χ2n) is 5.38. The van der Waals surface area contributed by atoms with E-state index in [1.165, 1.54) is 43.5 Å². The number of benzene rings is 2. The van der Waals surface area contributed by atoms with Gasteiger partial charge in [-0.2, -0.15) is 13.2 Å². The van der Waals surface area contributed by atoms with Crippen molar-refractivity contribution in [3.8, 4) is 5.75 Å². The summed E-state index contributed by atoms with van der Waals surface area (Å²) in [6.07, 6.45) is -1.60. The normalized spacial score (nSPS) is 11.7. The number of alkyl halides is 3. The topological polar surface area (TPSA) is 35.5 Å². The first-order valence-electron chi connectivity index (χ1n) is 7.58. The molecule has 26 heavy (non-hydrogen) atoms. The number of methoxy groups -OCH3 is 1. The number of ketones is 1. The third-order valence-corrected chi connectivity index (χ3v) is 3.38. The minimum Gasteiger partial charge on any atom is -0.496 e. The molecule has 2 aromatic carbocycles. The van der Waals surface area contributed by atoms with Gasteiger partial charge in [0.25, 0.3) is 0 Å². The maximum absolute atomic E-state index is 12.9. The van der Waals surface area contributed by atoms with Crippen molar-refractivity contribution >= 4 is 11.9 Å². The van der Waals surface area contributed by atoms with Gasteiger partial charge in [0.1, 0.15) is 18.2 Å². The van der Waals surface area contributed by atoms with Crippen LogP contribution in [0.3, 0.4) is 0 Å². The first kappa shape index (κ1) is 19.7. The Morgan fingerprint density at radius 3 is 2.42 bits per heavy atom. The molecule has 0 saturated carbocycles. The van der Waals surface area contributed by atoms with Gasteiger partial charge in [-0.3, -0.25) is 4.79 Å². The Bertz CT molecular complexity index is 780. The van der Waals surface area contributed by atoms with E-state index in [4.69, 9.17) is 4.74 Å². The molecule has 0 aromatic heterocycles. The lowest BCUT2D eigenvalue weighted by Gasteiger charge is -2.11. The Hall–Kier alpha value is -2.67. The lowest BCUT2D eigenvalue weighted by molar-refractivity contribution is -0.176. The first-order chi connectivity index (χ1) is 12.3. The molecule has 0 bridgehead atoms. The van der Waals surface area contributed by atoms with Crippen LogP contribution < -0.4 is 4.74 Å². The number of rotatable bonds is 7. The third-order valence-electron chi connectivity index (χ3n) is 3.38. The van der Waals surface area contributed by atoms with Crippen molar-refractivity contribution in [2.75, 3.05) is 13.7 Å². The maximum Gasteiger partial charge on any atom is 0.411 e. The molecule has 0 heterocycles. The van der Waals surface area contributed by atoms with Crippen LogP contribution in [0.1, 0.15) is 21.5 Å². The molecule has 0 saturated heterocycles. The summed E-state index contributed by atoms with van der Waals surface area (Å²) in [5, 5.41) is 0. The van der Waals surface area contributed by atoms with Crippen molar-refractivity contribution in [1.82, 2.24) is 0 Å². The Morgan fingerprint density at radius 2 is 1.81 bits per heavy atom. The number of hydrogen-bond acceptors (Lipinski definition) is 3. The number of ether oxygens (including phenoxy) is 2. The number of halogens is 4. The summed E-state index contributed by atoms with van der Waals surface area (Å²) < 4.78 is 59.2. The molecule has 0 aliphatic rings. The predicted octanol–water partition coefficient (Wildman–Crippen LogP) is 4.81. The van der Waals surface area contributed by atoms with Gasteiger partial charge >= 0.3 is 6.18 Å². The fourth-order valence-electron chi connectivity index (χ4n) is 2.17. The van der Waals surface area contributed by atoms with Crippen LogP contribution in [0.15, 0.2) is 48.5 Å². The molecule has 0 N–H and O–H groups in total. The van der Waals surface area contributed by atoms with Crippen molar-refractivity contribution in [3.05, 3.63) is 71.0 Å². The van der Waals surface area contributed by atoms with Crippen LogP contribution in [-0.2, 0) is 11.3 Å². The standard InChI is InChI=1S/C19H16F4O3/c1-25-18-9-3-13(10-15(18)11-26-12-19(21,22)23)2-8-17(24)14-4-6-16(20)7-5-14/h2-10H,11-12H2,1H3/b8-2+. The molecule has 0 atom stereocenters. The quantitative estimate of drug-likeness (QED) is 0.400. The van der Waals surface area contributed by atoms with Crippen molar-refractivity contribution in [3.63, 3.8) is 0 Å². The molecule has 0 radical (unpaired) electrons. The van der Waals surface area contributed by atoms with E-state index in [1.807, 2.05) is 0 Å². The fourth-order valence-corrected chi connectivity index (χ4v) is 2.17. The zero-order valence-corrected chi connectivity index (χ0v) is 13.8. The summed E-state index contributed by atoms with van der Waals surface area (Å²) in [6, 6.07) is 9.91. The first-order valence-corrected chi connectivity index (χ1v) is 7.58. The van der Waals surface area contributed by atoms with Crippen LogP contribution in [0, 0.1) is 5.82 Å². The molecule has 138 valence electrons. The molecule has 0 aliphatic heterocycles. The summed E-state index contributed by atoms with van der Waals surface area (Å²) in [5.74, 6) is -0.381. The molecule has 0 amide bonds. The monoisotopic (exact) mass is 368 g/mol. The second-order valence-corrected chi connectivity index (χ2v) is 5.38. The summed E-state index contributed by atoms with van der Waals surface area (Å²) in [6.45, 7) is -1.64. The number of carbonyl (C=O) groups is 1. The maximum atomic E-state index is 12.9. The minimum absolute atomic E-state index is 0.281. The summed E-state index contributed by atoms with van der Waals surface area (Å²) in [4.78, 5) is 12.0. The summed E-state index contributed by atoms with van der Waals surface area (Å²) in [7, 11) is 1.40. The Kier molecular flexibility index (Phi) is 6.52. The van der Waals surface area contributed by atoms with Gasteiger partial charge in [-0.05, 0) is 48.0 Å². The highest BCUT2D eigenvalue weighted by Crippen LogP contribution is 2.23. The lowest BCUT2D eigenvalue weighted by atomic mass is 10.1. The van der Waals surface area contributed by atoms with Gasteiger partial charge in [0.2, 0.25) is 0 Å². The third kappa shape index (κ3) is 6.00. The van der Waals surface area contributed by atoms with Gasteiger partial charge < -0.3 is 9.47 Å². The highest BCUT2D eigenvalue weighted by Gasteiger charge is 2.27. The van der Waals surface area contributed by atoms with Gasteiger partial charge in [0.05, 0.1) is 13.7 Å². The zero-order chi connectivity index (χ0) is 19.2. The van der Waals surface area contributed by atoms with Crippen LogP contribution in [-0.4, -0.2) is 25.7 Å². The highest BCUT2D eigenvalue weighted by molar-refractivity contribution is 6.06. The van der Waals surface area contributed by atoms with Crippen molar-refractivity contribution in [2.24, 2.45) is 0 Å². The smallest absolute Gasteiger partial charge is 0.411 e. The predicted molar refractivity (Wildman–Crippen MR) is 88.5 cm³/mol.